The Morgan fingerprint density at radius 2 is 2.03 bits per heavy atom. The first-order chi connectivity index (χ1) is 14.5. The fraction of sp³-hybridized carbons (Fsp3) is 0.375. The Labute approximate surface area is 174 Å². The van der Waals surface area contributed by atoms with Crippen LogP contribution in [-0.4, -0.2) is 52.4 Å². The van der Waals surface area contributed by atoms with E-state index in [1.165, 1.54) is 0 Å². The second-order valence-electron chi connectivity index (χ2n) is 8.86. The zero-order valence-corrected chi connectivity index (χ0v) is 16.7. The van der Waals surface area contributed by atoms with Crippen LogP contribution in [0.3, 0.4) is 0 Å². The van der Waals surface area contributed by atoms with Gasteiger partial charge in [0.25, 0.3) is 0 Å². The van der Waals surface area contributed by atoms with Gasteiger partial charge in [-0.3, -0.25) is 0 Å². The lowest BCUT2D eigenvalue weighted by Gasteiger charge is -2.61. The van der Waals surface area contributed by atoms with Crippen LogP contribution in [0.4, 0.5) is 0 Å². The molecule has 4 atom stereocenters. The van der Waals surface area contributed by atoms with Crippen molar-refractivity contribution in [1.82, 2.24) is 4.90 Å². The molecule has 2 aliphatic carbocycles. The van der Waals surface area contributed by atoms with E-state index in [0.717, 1.165) is 17.7 Å². The summed E-state index contributed by atoms with van der Waals surface area (Å²) in [4.78, 5) is 15.0. The molecular weight excluding hydrogens is 382 g/mol. The zero-order valence-electron chi connectivity index (χ0n) is 16.7. The Hall–Kier alpha value is -2.83. The Morgan fingerprint density at radius 1 is 1.23 bits per heavy atom. The maximum atomic E-state index is 12.8. The molecule has 6 rings (SSSR count). The fourth-order valence-electron chi connectivity index (χ4n) is 6.18. The van der Waals surface area contributed by atoms with Gasteiger partial charge in [-0.1, -0.05) is 24.3 Å². The van der Waals surface area contributed by atoms with Crippen LogP contribution >= 0.6 is 0 Å². The van der Waals surface area contributed by atoms with Crippen molar-refractivity contribution in [3.63, 3.8) is 0 Å². The molecule has 2 aromatic rings. The number of carbonyl (C=O) groups is 1. The molecule has 0 amide bonds. The van der Waals surface area contributed by atoms with Crippen molar-refractivity contribution in [1.29, 1.82) is 0 Å². The molecule has 1 fully saturated rings. The van der Waals surface area contributed by atoms with Crippen molar-refractivity contribution >= 4 is 5.97 Å². The van der Waals surface area contributed by atoms with Crippen LogP contribution < -0.4 is 4.74 Å². The lowest BCUT2D eigenvalue weighted by Crippen LogP contribution is -2.74. The number of ether oxygens (including phenoxy) is 2. The largest absolute Gasteiger partial charge is 0.504 e. The number of hydrogen-bond acceptors (Lipinski definition) is 6. The van der Waals surface area contributed by atoms with E-state index in [-0.39, 0.29) is 11.8 Å². The number of aromatic hydroxyl groups is 1. The summed E-state index contributed by atoms with van der Waals surface area (Å²) in [6.07, 6.45) is 2.87. The van der Waals surface area contributed by atoms with Gasteiger partial charge in [-0.2, -0.15) is 0 Å². The first-order valence-corrected chi connectivity index (χ1v) is 10.4. The lowest BCUT2D eigenvalue weighted by molar-refractivity contribution is -0.163. The van der Waals surface area contributed by atoms with Crippen molar-refractivity contribution in [2.45, 2.75) is 42.4 Å². The predicted octanol–water partition coefficient (Wildman–Crippen LogP) is 2.53. The molecule has 6 nitrogen and oxygen atoms in total. The highest BCUT2D eigenvalue weighted by Gasteiger charge is 2.72. The number of likely N-dealkylation sites (tertiary alicyclic amines) is 1. The molecule has 2 aliphatic heterocycles. The van der Waals surface area contributed by atoms with Gasteiger partial charge >= 0.3 is 5.97 Å². The third-order valence-corrected chi connectivity index (χ3v) is 7.57. The van der Waals surface area contributed by atoms with Gasteiger partial charge in [0.15, 0.2) is 17.6 Å². The summed E-state index contributed by atoms with van der Waals surface area (Å²) >= 11 is 0. The van der Waals surface area contributed by atoms with Crippen molar-refractivity contribution in [2.24, 2.45) is 0 Å². The van der Waals surface area contributed by atoms with Crippen molar-refractivity contribution in [3.8, 4) is 11.5 Å². The fourth-order valence-corrected chi connectivity index (χ4v) is 6.18. The minimum absolute atomic E-state index is 0.0611. The second-order valence-corrected chi connectivity index (χ2v) is 8.86. The third-order valence-electron chi connectivity index (χ3n) is 7.57. The van der Waals surface area contributed by atoms with Crippen LogP contribution in [0.5, 0.6) is 11.5 Å². The van der Waals surface area contributed by atoms with Gasteiger partial charge in [0, 0.05) is 18.0 Å². The van der Waals surface area contributed by atoms with E-state index in [2.05, 4.69) is 4.90 Å². The standard InChI is InChI=1S/C24H23NO5/c1-25-12-11-23-19-15-7-8-16(26)20(19)30-21(23)17(9-10-24(23,28)18(25)13-15)29-22(27)14-5-3-2-4-6-14/h2-9,18,21,26,28H,10-13H2,1H3. The summed E-state index contributed by atoms with van der Waals surface area (Å²) in [6, 6.07) is 12.4. The highest BCUT2D eigenvalue weighted by molar-refractivity contribution is 5.90. The number of aliphatic hydroxyl groups is 1. The van der Waals surface area contributed by atoms with E-state index in [1.54, 1.807) is 36.4 Å². The highest BCUT2D eigenvalue weighted by Crippen LogP contribution is 2.65. The van der Waals surface area contributed by atoms with Crippen LogP contribution in [-0.2, 0) is 16.6 Å². The first kappa shape index (κ1) is 18.0. The normalized spacial score (nSPS) is 33.3. The average Bonchev–Trinajstić information content (AvgIpc) is 3.11. The second kappa shape index (κ2) is 5.86. The molecule has 0 aromatic heterocycles. The summed E-state index contributed by atoms with van der Waals surface area (Å²) in [7, 11) is 2.04. The summed E-state index contributed by atoms with van der Waals surface area (Å²) < 4.78 is 12.1. The number of piperidine rings is 1. The molecule has 0 radical (unpaired) electrons. The van der Waals surface area contributed by atoms with Crippen LogP contribution in [0, 0.1) is 0 Å². The van der Waals surface area contributed by atoms with Crippen LogP contribution in [0.15, 0.2) is 54.3 Å². The number of hydrogen-bond donors (Lipinski definition) is 2. The summed E-state index contributed by atoms with van der Waals surface area (Å²) in [5.41, 5.74) is 0.634. The topological polar surface area (TPSA) is 79.2 Å². The van der Waals surface area contributed by atoms with Crippen molar-refractivity contribution in [3.05, 3.63) is 71.0 Å². The predicted molar refractivity (Wildman–Crippen MR) is 108 cm³/mol. The number of nitrogens with zero attached hydrogens (tertiary/aromatic N) is 1. The van der Waals surface area contributed by atoms with Crippen molar-refractivity contribution < 1.29 is 24.5 Å². The molecule has 2 heterocycles. The molecule has 6 heteroatoms. The minimum Gasteiger partial charge on any atom is -0.504 e. The Balaban J connectivity index is 1.49. The van der Waals surface area contributed by atoms with Gasteiger partial charge in [0.05, 0.1) is 16.6 Å². The summed E-state index contributed by atoms with van der Waals surface area (Å²) in [6.45, 7) is 0.793. The Bertz CT molecular complexity index is 1100. The van der Waals surface area contributed by atoms with E-state index in [0.29, 0.717) is 36.3 Å². The lowest BCUT2D eigenvalue weighted by atomic mass is 9.50. The molecule has 2 aromatic carbocycles. The number of phenolic OH excluding ortho intramolecular Hbond substituents is 1. The summed E-state index contributed by atoms with van der Waals surface area (Å²) in [5.74, 6) is 0.446. The number of likely N-dealkylation sites (N-methyl/N-ethyl adjacent to an activating group) is 1. The van der Waals surface area contributed by atoms with Crippen LogP contribution in [0.25, 0.3) is 0 Å². The van der Waals surface area contributed by atoms with Crippen LogP contribution in [0.2, 0.25) is 0 Å². The number of benzene rings is 2. The highest BCUT2D eigenvalue weighted by atomic mass is 16.6. The maximum Gasteiger partial charge on any atom is 0.343 e. The van der Waals surface area contributed by atoms with Gasteiger partial charge in [-0.15, -0.1) is 0 Å². The zero-order chi connectivity index (χ0) is 20.7. The molecule has 154 valence electrons. The SMILES string of the molecule is CN1CCC23c4c5ccc(O)c4OC2C(OC(=O)c2ccccc2)=CCC3(O)C1C5. The molecular formula is C24H23NO5. The summed E-state index contributed by atoms with van der Waals surface area (Å²) in [5, 5.41) is 22.6. The van der Waals surface area contributed by atoms with Gasteiger partial charge in [-0.05, 0) is 56.3 Å². The third kappa shape index (κ3) is 2.03. The molecule has 1 saturated heterocycles. The Kier molecular flexibility index (Phi) is 3.51. The number of rotatable bonds is 2. The number of carbonyl (C=O) groups excluding carboxylic acids is 1. The van der Waals surface area contributed by atoms with Crippen molar-refractivity contribution in [2.75, 3.05) is 13.6 Å². The van der Waals surface area contributed by atoms with Gasteiger partial charge in [-0.25, -0.2) is 4.79 Å². The maximum absolute atomic E-state index is 12.8. The monoisotopic (exact) mass is 405 g/mol. The average molecular weight is 405 g/mol. The molecule has 4 aliphatic rings. The molecule has 2 N–H and O–H groups in total. The first-order valence-electron chi connectivity index (χ1n) is 10.4. The van der Waals surface area contributed by atoms with Gasteiger partial charge in [0.2, 0.25) is 0 Å². The van der Waals surface area contributed by atoms with E-state index in [9.17, 15) is 15.0 Å². The molecule has 1 spiro atoms. The quantitative estimate of drug-likeness (QED) is 0.748. The Morgan fingerprint density at radius 3 is 2.83 bits per heavy atom. The number of phenols is 1. The van der Waals surface area contributed by atoms with Gasteiger partial charge in [0.1, 0.15) is 5.76 Å². The molecule has 30 heavy (non-hydrogen) atoms. The molecule has 0 saturated carbocycles. The van der Waals surface area contributed by atoms with E-state index >= 15 is 0 Å². The van der Waals surface area contributed by atoms with Gasteiger partial charge < -0.3 is 24.6 Å². The van der Waals surface area contributed by atoms with E-state index in [1.807, 2.05) is 19.2 Å². The van der Waals surface area contributed by atoms with E-state index < -0.39 is 23.1 Å². The molecule has 2 bridgehead atoms. The molecule has 4 unspecified atom stereocenters. The minimum atomic E-state index is -1.06. The smallest absolute Gasteiger partial charge is 0.343 e. The van der Waals surface area contributed by atoms with Crippen LogP contribution in [0.1, 0.15) is 34.3 Å². The van der Waals surface area contributed by atoms with E-state index in [4.69, 9.17) is 9.47 Å². The number of esters is 1.